The van der Waals surface area contributed by atoms with Crippen LogP contribution in [0, 0.1) is 0 Å². The molecule has 0 aliphatic carbocycles. The van der Waals surface area contributed by atoms with Crippen molar-refractivity contribution in [2.24, 2.45) is 7.05 Å². The standard InChI is InChI=1S/C15H17ClN4OS/c1-19-10-13(17-18-19)15(21)20-7-6-14(22-9-8-20)11-4-2-3-5-12(11)16/h2-5,10,14H,6-9H2,1H3/t14-/m0/s1. The maximum Gasteiger partial charge on any atom is 0.276 e. The smallest absolute Gasteiger partial charge is 0.276 e. The van der Waals surface area contributed by atoms with Crippen molar-refractivity contribution in [1.82, 2.24) is 19.9 Å². The Morgan fingerprint density at radius 3 is 2.91 bits per heavy atom. The summed E-state index contributed by atoms with van der Waals surface area (Å²) in [5.41, 5.74) is 1.56. The van der Waals surface area contributed by atoms with Crippen LogP contribution in [0.15, 0.2) is 30.5 Å². The van der Waals surface area contributed by atoms with Gasteiger partial charge in [0.15, 0.2) is 5.69 Å². The SMILES string of the molecule is Cn1cc(C(=O)N2CCS[C@H](c3ccccc3Cl)CC2)nn1. The first-order chi connectivity index (χ1) is 10.6. The van der Waals surface area contributed by atoms with E-state index >= 15 is 0 Å². The van der Waals surface area contributed by atoms with E-state index in [-0.39, 0.29) is 5.91 Å². The molecule has 2 aromatic rings. The van der Waals surface area contributed by atoms with Crippen molar-refractivity contribution in [2.45, 2.75) is 11.7 Å². The number of hydrogen-bond donors (Lipinski definition) is 0. The van der Waals surface area contributed by atoms with Crippen LogP contribution < -0.4 is 0 Å². The summed E-state index contributed by atoms with van der Waals surface area (Å²) < 4.78 is 1.55. The molecule has 116 valence electrons. The largest absolute Gasteiger partial charge is 0.336 e. The van der Waals surface area contributed by atoms with Gasteiger partial charge in [-0.25, -0.2) is 0 Å². The van der Waals surface area contributed by atoms with E-state index in [1.165, 1.54) is 0 Å². The molecule has 1 fully saturated rings. The minimum atomic E-state index is -0.0477. The zero-order valence-corrected chi connectivity index (χ0v) is 13.8. The first kappa shape index (κ1) is 15.4. The Morgan fingerprint density at radius 1 is 1.36 bits per heavy atom. The van der Waals surface area contributed by atoms with E-state index in [1.54, 1.807) is 17.9 Å². The van der Waals surface area contributed by atoms with Crippen molar-refractivity contribution in [3.05, 3.63) is 46.7 Å². The van der Waals surface area contributed by atoms with Gasteiger partial charge in [-0.05, 0) is 18.1 Å². The van der Waals surface area contributed by atoms with E-state index in [1.807, 2.05) is 34.9 Å². The molecule has 1 amide bonds. The zero-order valence-electron chi connectivity index (χ0n) is 12.3. The molecule has 1 aromatic heterocycles. The molecule has 22 heavy (non-hydrogen) atoms. The van der Waals surface area contributed by atoms with E-state index in [4.69, 9.17) is 11.6 Å². The molecule has 0 unspecified atom stereocenters. The number of rotatable bonds is 2. The summed E-state index contributed by atoms with van der Waals surface area (Å²) in [4.78, 5) is 14.3. The molecule has 0 bridgehead atoms. The van der Waals surface area contributed by atoms with Gasteiger partial charge in [-0.15, -0.1) is 5.10 Å². The fraction of sp³-hybridized carbons (Fsp3) is 0.400. The molecule has 0 spiro atoms. The number of benzene rings is 1. The molecular formula is C15H17ClN4OS. The second-order valence-corrected chi connectivity index (χ2v) is 6.96. The first-order valence-corrected chi connectivity index (χ1v) is 8.59. The zero-order chi connectivity index (χ0) is 15.5. The average Bonchev–Trinajstić information content (AvgIpc) is 2.81. The lowest BCUT2D eigenvalue weighted by molar-refractivity contribution is 0.0760. The highest BCUT2D eigenvalue weighted by Crippen LogP contribution is 2.37. The molecule has 1 saturated heterocycles. The van der Waals surface area contributed by atoms with Crippen LogP contribution in [0.25, 0.3) is 0 Å². The topological polar surface area (TPSA) is 51.0 Å². The van der Waals surface area contributed by atoms with Gasteiger partial charge in [0.25, 0.3) is 5.91 Å². The maximum atomic E-state index is 12.5. The van der Waals surface area contributed by atoms with E-state index in [9.17, 15) is 4.79 Å². The average molecular weight is 337 g/mol. The third-order valence-corrected chi connectivity index (χ3v) is 5.36. The summed E-state index contributed by atoms with van der Waals surface area (Å²) in [6.45, 7) is 1.43. The van der Waals surface area contributed by atoms with Gasteiger partial charge in [-0.1, -0.05) is 35.0 Å². The number of nitrogens with zero attached hydrogens (tertiary/aromatic N) is 4. The van der Waals surface area contributed by atoms with Gasteiger partial charge in [0.1, 0.15) is 0 Å². The highest BCUT2D eigenvalue weighted by atomic mass is 35.5. The second kappa shape index (κ2) is 6.71. The molecule has 1 atom stereocenters. The Labute approximate surface area is 138 Å². The van der Waals surface area contributed by atoms with Crippen LogP contribution in [-0.4, -0.2) is 44.6 Å². The summed E-state index contributed by atoms with van der Waals surface area (Å²) in [7, 11) is 1.76. The number of halogens is 1. The van der Waals surface area contributed by atoms with Gasteiger partial charge in [-0.2, -0.15) is 11.8 Å². The van der Waals surface area contributed by atoms with Gasteiger partial charge >= 0.3 is 0 Å². The molecule has 1 aliphatic heterocycles. The van der Waals surface area contributed by atoms with Gasteiger partial charge in [-0.3, -0.25) is 9.48 Å². The Balaban J connectivity index is 1.70. The van der Waals surface area contributed by atoms with Gasteiger partial charge in [0.05, 0.1) is 6.20 Å². The molecule has 1 aromatic carbocycles. The number of thioether (sulfide) groups is 1. The van der Waals surface area contributed by atoms with Crippen LogP contribution in [0.4, 0.5) is 0 Å². The summed E-state index contributed by atoms with van der Waals surface area (Å²) in [6, 6.07) is 7.94. The second-order valence-electron chi connectivity index (χ2n) is 5.24. The highest BCUT2D eigenvalue weighted by molar-refractivity contribution is 7.99. The lowest BCUT2D eigenvalue weighted by Crippen LogP contribution is -2.33. The molecule has 3 rings (SSSR count). The molecule has 7 heteroatoms. The lowest BCUT2D eigenvalue weighted by atomic mass is 10.1. The third-order valence-electron chi connectivity index (χ3n) is 3.70. The normalized spacial score (nSPS) is 19.0. The van der Waals surface area contributed by atoms with Crippen molar-refractivity contribution >= 4 is 29.3 Å². The van der Waals surface area contributed by atoms with Gasteiger partial charge < -0.3 is 4.90 Å². The number of aromatic nitrogens is 3. The van der Waals surface area contributed by atoms with Crippen molar-refractivity contribution in [1.29, 1.82) is 0 Å². The molecule has 2 heterocycles. The summed E-state index contributed by atoms with van der Waals surface area (Å²) in [6.07, 6.45) is 2.55. The first-order valence-electron chi connectivity index (χ1n) is 7.17. The molecule has 0 saturated carbocycles. The molecule has 1 aliphatic rings. The van der Waals surface area contributed by atoms with Gasteiger partial charge in [0, 0.05) is 36.2 Å². The van der Waals surface area contributed by atoms with Crippen LogP contribution in [0.5, 0.6) is 0 Å². The Hall–Kier alpha value is -1.53. The van der Waals surface area contributed by atoms with E-state index in [2.05, 4.69) is 16.4 Å². The van der Waals surface area contributed by atoms with Crippen LogP contribution in [0.1, 0.15) is 27.7 Å². The predicted molar refractivity (Wildman–Crippen MR) is 88.2 cm³/mol. The number of carbonyl (C=O) groups is 1. The number of hydrogen-bond acceptors (Lipinski definition) is 4. The quantitative estimate of drug-likeness (QED) is 0.846. The van der Waals surface area contributed by atoms with Crippen LogP contribution in [0.3, 0.4) is 0 Å². The highest BCUT2D eigenvalue weighted by Gasteiger charge is 2.25. The molecule has 0 radical (unpaired) electrons. The van der Waals surface area contributed by atoms with Crippen LogP contribution >= 0.6 is 23.4 Å². The lowest BCUT2D eigenvalue weighted by Gasteiger charge is -2.19. The number of amides is 1. The van der Waals surface area contributed by atoms with Crippen molar-refractivity contribution in [3.63, 3.8) is 0 Å². The Kier molecular flexibility index (Phi) is 4.69. The Morgan fingerprint density at radius 2 is 2.18 bits per heavy atom. The molecular weight excluding hydrogens is 320 g/mol. The predicted octanol–water partition coefficient (Wildman–Crippen LogP) is 2.79. The van der Waals surface area contributed by atoms with Crippen LogP contribution in [0.2, 0.25) is 5.02 Å². The maximum absolute atomic E-state index is 12.5. The van der Waals surface area contributed by atoms with E-state index in [0.29, 0.717) is 17.5 Å². The summed E-state index contributed by atoms with van der Waals surface area (Å²) in [5, 5.41) is 8.86. The summed E-state index contributed by atoms with van der Waals surface area (Å²) in [5.74, 6) is 0.843. The van der Waals surface area contributed by atoms with Crippen molar-refractivity contribution in [3.8, 4) is 0 Å². The third kappa shape index (κ3) is 3.28. The number of aryl methyl sites for hydroxylation is 1. The van der Waals surface area contributed by atoms with Crippen LogP contribution in [-0.2, 0) is 7.05 Å². The van der Waals surface area contributed by atoms with E-state index in [0.717, 1.165) is 29.3 Å². The van der Waals surface area contributed by atoms with Gasteiger partial charge in [0.2, 0.25) is 0 Å². The minimum absolute atomic E-state index is 0.0477. The minimum Gasteiger partial charge on any atom is -0.336 e. The van der Waals surface area contributed by atoms with Crippen molar-refractivity contribution < 1.29 is 4.79 Å². The fourth-order valence-electron chi connectivity index (χ4n) is 2.57. The monoisotopic (exact) mass is 336 g/mol. The summed E-state index contributed by atoms with van der Waals surface area (Å²) >= 11 is 8.15. The fourth-order valence-corrected chi connectivity index (χ4v) is 4.16. The molecule has 5 nitrogen and oxygen atoms in total. The molecule has 0 N–H and O–H groups in total. The van der Waals surface area contributed by atoms with Crippen molar-refractivity contribution in [2.75, 3.05) is 18.8 Å². The Bertz CT molecular complexity index is 675. The van der Waals surface area contributed by atoms with E-state index < -0.39 is 0 Å². The number of carbonyl (C=O) groups excluding carboxylic acids is 1.